The highest BCUT2D eigenvalue weighted by atomic mass is 16.5. The van der Waals surface area contributed by atoms with E-state index in [9.17, 15) is 4.79 Å². The number of carbonyl (C=O) groups excluding carboxylic acids is 1. The number of para-hydroxylation sites is 3. The van der Waals surface area contributed by atoms with Gasteiger partial charge in [-0.2, -0.15) is 0 Å². The molecule has 0 saturated carbocycles. The summed E-state index contributed by atoms with van der Waals surface area (Å²) in [5.74, 6) is 1.53. The van der Waals surface area contributed by atoms with Crippen LogP contribution in [0, 0.1) is 0 Å². The Hall–Kier alpha value is -3.60. The van der Waals surface area contributed by atoms with E-state index < -0.39 is 0 Å². The summed E-state index contributed by atoms with van der Waals surface area (Å²) in [5.41, 5.74) is 4.05. The molecule has 31 heavy (non-hydrogen) atoms. The number of nitrogens with one attached hydrogen (secondary N) is 1. The number of fused-ring (bicyclic) bond motifs is 1. The Bertz CT molecular complexity index is 1150. The fourth-order valence-electron chi connectivity index (χ4n) is 3.83. The molecule has 158 valence electrons. The topological polar surface area (TPSA) is 56.1 Å². The third-order valence-electron chi connectivity index (χ3n) is 5.41. The van der Waals surface area contributed by atoms with Crippen LogP contribution in [-0.2, 0) is 19.4 Å². The summed E-state index contributed by atoms with van der Waals surface area (Å²) in [5, 5.41) is 3.00. The van der Waals surface area contributed by atoms with Gasteiger partial charge in [0.25, 0.3) is 5.91 Å². The number of amides is 1. The first-order valence-corrected chi connectivity index (χ1v) is 10.7. The number of aromatic nitrogens is 2. The van der Waals surface area contributed by atoms with Gasteiger partial charge in [0.15, 0.2) is 0 Å². The van der Waals surface area contributed by atoms with E-state index in [1.165, 1.54) is 5.56 Å². The zero-order valence-electron chi connectivity index (χ0n) is 17.8. The van der Waals surface area contributed by atoms with E-state index in [-0.39, 0.29) is 5.91 Å². The van der Waals surface area contributed by atoms with Gasteiger partial charge in [-0.15, -0.1) is 0 Å². The Kier molecular flexibility index (Phi) is 6.62. The van der Waals surface area contributed by atoms with E-state index in [0.29, 0.717) is 17.9 Å². The van der Waals surface area contributed by atoms with Gasteiger partial charge in [-0.05, 0) is 42.7 Å². The normalized spacial score (nSPS) is 10.9. The molecule has 0 atom stereocenters. The molecule has 0 fully saturated rings. The predicted octanol–water partition coefficient (Wildman–Crippen LogP) is 4.65. The van der Waals surface area contributed by atoms with Crippen molar-refractivity contribution in [1.82, 2.24) is 14.9 Å². The molecule has 4 aromatic rings. The second kappa shape index (κ2) is 9.94. The monoisotopic (exact) mass is 413 g/mol. The Morgan fingerprint density at radius 1 is 0.935 bits per heavy atom. The van der Waals surface area contributed by atoms with Gasteiger partial charge in [0, 0.05) is 19.5 Å². The Labute approximate surface area is 182 Å². The van der Waals surface area contributed by atoms with Crippen molar-refractivity contribution in [2.45, 2.75) is 25.8 Å². The largest absolute Gasteiger partial charge is 0.496 e. The van der Waals surface area contributed by atoms with Crippen LogP contribution < -0.4 is 10.1 Å². The number of hydrogen-bond acceptors (Lipinski definition) is 3. The lowest BCUT2D eigenvalue weighted by molar-refractivity contribution is 0.0950. The Morgan fingerprint density at radius 3 is 2.52 bits per heavy atom. The van der Waals surface area contributed by atoms with Gasteiger partial charge in [-0.1, -0.05) is 54.6 Å². The molecule has 0 bridgehead atoms. The third-order valence-corrected chi connectivity index (χ3v) is 5.41. The van der Waals surface area contributed by atoms with E-state index in [1.807, 2.05) is 24.3 Å². The number of ether oxygens (including phenoxy) is 1. The maximum Gasteiger partial charge on any atom is 0.255 e. The number of methoxy groups -OCH3 is 1. The van der Waals surface area contributed by atoms with Gasteiger partial charge in [0.05, 0.1) is 23.7 Å². The molecule has 1 heterocycles. The van der Waals surface area contributed by atoms with Crippen molar-refractivity contribution in [3.8, 4) is 5.75 Å². The summed E-state index contributed by atoms with van der Waals surface area (Å²) in [6.45, 7) is 1.46. The van der Waals surface area contributed by atoms with Crippen molar-refractivity contribution in [3.05, 3.63) is 95.8 Å². The molecule has 1 aromatic heterocycles. The average Bonchev–Trinajstić information content (AvgIpc) is 3.18. The maximum absolute atomic E-state index is 12.5. The van der Waals surface area contributed by atoms with Crippen molar-refractivity contribution in [3.63, 3.8) is 0 Å². The minimum atomic E-state index is -0.116. The van der Waals surface area contributed by atoms with E-state index in [2.05, 4.69) is 52.3 Å². The molecule has 4 rings (SSSR count). The molecular formula is C26H27N3O2. The van der Waals surface area contributed by atoms with Gasteiger partial charge in [0.1, 0.15) is 11.6 Å². The fraction of sp³-hybridized carbons (Fsp3) is 0.231. The zero-order valence-corrected chi connectivity index (χ0v) is 17.8. The highest BCUT2D eigenvalue weighted by Crippen LogP contribution is 2.19. The number of carbonyl (C=O) groups is 1. The summed E-state index contributed by atoms with van der Waals surface area (Å²) in [6.07, 6.45) is 2.57. The summed E-state index contributed by atoms with van der Waals surface area (Å²) in [7, 11) is 1.58. The lowest BCUT2D eigenvalue weighted by Crippen LogP contribution is -2.25. The second-order valence-electron chi connectivity index (χ2n) is 7.46. The third kappa shape index (κ3) is 4.94. The molecule has 5 nitrogen and oxygen atoms in total. The minimum Gasteiger partial charge on any atom is -0.496 e. The summed E-state index contributed by atoms with van der Waals surface area (Å²) in [6, 6.07) is 26.0. The summed E-state index contributed by atoms with van der Waals surface area (Å²) < 4.78 is 7.59. The van der Waals surface area contributed by atoms with Crippen LogP contribution in [0.25, 0.3) is 11.0 Å². The van der Waals surface area contributed by atoms with Crippen LogP contribution >= 0.6 is 0 Å². The first-order valence-electron chi connectivity index (χ1n) is 10.7. The van der Waals surface area contributed by atoms with Crippen LogP contribution in [0.1, 0.15) is 28.2 Å². The van der Waals surface area contributed by atoms with E-state index >= 15 is 0 Å². The molecule has 1 N–H and O–H groups in total. The average molecular weight is 414 g/mol. The number of nitrogens with zero attached hydrogens (tertiary/aromatic N) is 2. The van der Waals surface area contributed by atoms with Gasteiger partial charge in [0.2, 0.25) is 0 Å². The zero-order chi connectivity index (χ0) is 21.5. The number of hydrogen-bond donors (Lipinski definition) is 1. The molecule has 0 radical (unpaired) electrons. The minimum absolute atomic E-state index is 0.116. The Morgan fingerprint density at radius 2 is 1.68 bits per heavy atom. The molecule has 1 amide bonds. The summed E-state index contributed by atoms with van der Waals surface area (Å²) in [4.78, 5) is 17.3. The van der Waals surface area contributed by atoms with Crippen molar-refractivity contribution in [2.75, 3.05) is 13.7 Å². The molecule has 0 aliphatic heterocycles. The molecule has 0 aliphatic rings. The number of rotatable bonds is 9. The van der Waals surface area contributed by atoms with Gasteiger partial charge in [-0.25, -0.2) is 4.98 Å². The lowest BCUT2D eigenvalue weighted by atomic mass is 10.1. The quantitative estimate of drug-likeness (QED) is 0.406. The number of benzene rings is 3. The molecule has 5 heteroatoms. The van der Waals surface area contributed by atoms with Crippen molar-refractivity contribution < 1.29 is 9.53 Å². The van der Waals surface area contributed by atoms with Crippen molar-refractivity contribution in [1.29, 1.82) is 0 Å². The maximum atomic E-state index is 12.5. The van der Waals surface area contributed by atoms with Gasteiger partial charge in [-0.3, -0.25) is 4.79 Å². The highest BCUT2D eigenvalue weighted by molar-refractivity contribution is 5.96. The smallest absolute Gasteiger partial charge is 0.255 e. The summed E-state index contributed by atoms with van der Waals surface area (Å²) >= 11 is 0. The van der Waals surface area contributed by atoms with E-state index in [0.717, 1.165) is 42.7 Å². The number of aryl methyl sites for hydroxylation is 3. The SMILES string of the molecule is COc1ccccc1C(=O)NCCCc1nc2ccccc2n1CCc1ccccc1. The molecule has 0 spiro atoms. The van der Waals surface area contributed by atoms with Crippen LogP contribution in [0.15, 0.2) is 78.9 Å². The van der Waals surface area contributed by atoms with Crippen LogP contribution in [-0.4, -0.2) is 29.1 Å². The standard InChI is InChI=1S/C26H27N3O2/c1-31-24-15-8-5-12-21(24)26(30)27-18-9-16-25-28-22-13-6-7-14-23(22)29(25)19-17-20-10-3-2-4-11-20/h2-8,10-15H,9,16-19H2,1H3,(H,27,30). The second-order valence-corrected chi connectivity index (χ2v) is 7.46. The van der Waals surface area contributed by atoms with Crippen LogP contribution in [0.3, 0.4) is 0 Å². The Balaban J connectivity index is 1.40. The molecule has 0 aliphatic carbocycles. The number of imidazole rings is 1. The van der Waals surface area contributed by atoms with Crippen LogP contribution in [0.2, 0.25) is 0 Å². The molecular weight excluding hydrogens is 386 g/mol. The predicted molar refractivity (Wildman–Crippen MR) is 124 cm³/mol. The lowest BCUT2D eigenvalue weighted by Gasteiger charge is -2.11. The van der Waals surface area contributed by atoms with Crippen molar-refractivity contribution in [2.24, 2.45) is 0 Å². The first kappa shape index (κ1) is 20.7. The molecule has 0 unspecified atom stereocenters. The molecule has 0 saturated heterocycles. The van der Waals surface area contributed by atoms with Crippen LogP contribution in [0.4, 0.5) is 0 Å². The van der Waals surface area contributed by atoms with Crippen LogP contribution in [0.5, 0.6) is 5.75 Å². The first-order chi connectivity index (χ1) is 15.3. The van der Waals surface area contributed by atoms with Gasteiger partial charge < -0.3 is 14.6 Å². The fourth-order valence-corrected chi connectivity index (χ4v) is 3.83. The molecule has 3 aromatic carbocycles. The van der Waals surface area contributed by atoms with Crippen molar-refractivity contribution >= 4 is 16.9 Å². The van der Waals surface area contributed by atoms with E-state index in [1.54, 1.807) is 19.2 Å². The van der Waals surface area contributed by atoms with Gasteiger partial charge >= 0.3 is 0 Å². The van der Waals surface area contributed by atoms with E-state index in [4.69, 9.17) is 9.72 Å². The highest BCUT2D eigenvalue weighted by Gasteiger charge is 2.13.